The molecular weight excluding hydrogens is 229 g/mol. The van der Waals surface area contributed by atoms with E-state index in [1.807, 2.05) is 6.07 Å². The summed E-state index contributed by atoms with van der Waals surface area (Å²) < 4.78 is 15.1. The summed E-state index contributed by atoms with van der Waals surface area (Å²) in [6.45, 7) is 0. The molecule has 4 N–H and O–H groups in total. The summed E-state index contributed by atoms with van der Waals surface area (Å²) in [4.78, 5) is 10.9. The number of primary amides is 1. The molecule has 6 heteroatoms. The average molecular weight is 239 g/mol. The van der Waals surface area contributed by atoms with Gasteiger partial charge in [0.15, 0.2) is 12.3 Å². The highest BCUT2D eigenvalue weighted by molar-refractivity contribution is 7.93. The Morgan fingerprint density at radius 1 is 1.31 bits per heavy atom. The van der Waals surface area contributed by atoms with E-state index >= 15 is 0 Å². The summed E-state index contributed by atoms with van der Waals surface area (Å²) in [6.07, 6.45) is 1.24. The molecule has 0 aromatic heterocycles. The Bertz CT molecular complexity index is 431. The Kier molecular flexibility index (Phi) is 4.53. The van der Waals surface area contributed by atoms with Crippen LogP contribution >= 0.6 is 12.3 Å². The summed E-state index contributed by atoms with van der Waals surface area (Å²) in [5, 5.41) is 0. The molecule has 1 aromatic rings. The van der Waals surface area contributed by atoms with E-state index in [-0.39, 0.29) is 18.0 Å². The van der Waals surface area contributed by atoms with Crippen molar-refractivity contribution in [3.63, 3.8) is 0 Å². The largest absolute Gasteiger partial charge is 0.398 e. The molecule has 0 aliphatic heterocycles. The molecule has 0 atom stereocenters. The second-order valence-electron chi connectivity index (χ2n) is 2.88. The van der Waals surface area contributed by atoms with Crippen LogP contribution in [0.5, 0.6) is 0 Å². The van der Waals surface area contributed by atoms with Gasteiger partial charge in [-0.1, -0.05) is 30.3 Å². The van der Waals surface area contributed by atoms with Crippen LogP contribution < -0.4 is 11.5 Å². The van der Waals surface area contributed by atoms with Gasteiger partial charge in [0, 0.05) is 5.70 Å². The maximum Gasteiger partial charge on any atom is 0.268 e. The van der Waals surface area contributed by atoms with Crippen LogP contribution in [0.3, 0.4) is 0 Å². The summed E-state index contributed by atoms with van der Waals surface area (Å²) in [6, 6.07) is 8.93. The van der Waals surface area contributed by atoms with Crippen molar-refractivity contribution in [2.75, 3.05) is 0 Å². The maximum atomic E-state index is 11.9. The van der Waals surface area contributed by atoms with E-state index < -0.39 is 5.91 Å². The zero-order chi connectivity index (χ0) is 12.0. The summed E-state index contributed by atoms with van der Waals surface area (Å²) in [5.41, 5.74) is 11.5. The third kappa shape index (κ3) is 3.39. The lowest BCUT2D eigenvalue weighted by molar-refractivity contribution is -0.111. The number of nitrogens with zero attached hydrogens (tertiary/aromatic N) is 1. The molecule has 1 aromatic carbocycles. The lowest BCUT2D eigenvalue weighted by Gasteiger charge is -2.01. The molecule has 0 bridgehead atoms. The van der Waals surface area contributed by atoms with Gasteiger partial charge in [0.2, 0.25) is 0 Å². The van der Waals surface area contributed by atoms with E-state index in [9.17, 15) is 8.68 Å². The zero-order valence-electron chi connectivity index (χ0n) is 8.26. The van der Waals surface area contributed by atoms with Crippen LogP contribution in [0, 0.1) is 0 Å². The fraction of sp³-hybridized carbons (Fsp3) is 0. The average Bonchev–Trinajstić information content (AvgIpc) is 2.29. The van der Waals surface area contributed by atoms with Gasteiger partial charge in [-0.25, -0.2) is 0 Å². The first-order valence-corrected chi connectivity index (χ1v) is 5.00. The summed E-state index contributed by atoms with van der Waals surface area (Å²) in [5.74, 6) is -0.830. The number of rotatable bonds is 4. The number of hydrogen-bond acceptors (Lipinski definition) is 4. The summed E-state index contributed by atoms with van der Waals surface area (Å²) >= 11 is -0.338. The molecule has 4 nitrogen and oxygen atoms in total. The van der Waals surface area contributed by atoms with Crippen LogP contribution in [0.25, 0.3) is 5.70 Å². The van der Waals surface area contributed by atoms with Crippen LogP contribution in [-0.4, -0.2) is 11.6 Å². The van der Waals surface area contributed by atoms with Gasteiger partial charge in [0.05, 0.1) is 0 Å². The molecule has 0 aliphatic carbocycles. The van der Waals surface area contributed by atoms with Gasteiger partial charge >= 0.3 is 0 Å². The second-order valence-corrected chi connectivity index (χ2v) is 3.20. The Morgan fingerprint density at radius 2 is 1.94 bits per heavy atom. The number of carbonyl (C=O) groups excluding carboxylic acids is 1. The van der Waals surface area contributed by atoms with Crippen molar-refractivity contribution < 1.29 is 8.68 Å². The number of benzene rings is 1. The molecule has 0 heterocycles. The number of carbonyl (C=O) groups is 1. The quantitative estimate of drug-likeness (QED) is 0.616. The van der Waals surface area contributed by atoms with Crippen molar-refractivity contribution in [1.29, 1.82) is 0 Å². The third-order valence-electron chi connectivity index (χ3n) is 1.78. The number of nitrogens with two attached hydrogens (primary N) is 2. The van der Waals surface area contributed by atoms with E-state index in [1.165, 1.54) is 6.08 Å². The third-order valence-corrected chi connectivity index (χ3v) is 2.05. The molecule has 0 saturated carbocycles. The van der Waals surface area contributed by atoms with Gasteiger partial charge in [-0.2, -0.15) is 4.40 Å². The molecule has 0 aliphatic rings. The highest BCUT2D eigenvalue weighted by atomic mass is 32.2. The Balaban J connectivity index is 3.00. The molecule has 0 radical (unpaired) electrons. The molecule has 0 saturated heterocycles. The minimum absolute atomic E-state index is 0.214. The number of amides is 1. The molecule has 1 rings (SSSR count). The predicted octanol–water partition coefficient (Wildman–Crippen LogP) is 1.45. The first-order chi connectivity index (χ1) is 7.65. The van der Waals surface area contributed by atoms with Crippen molar-refractivity contribution in [1.82, 2.24) is 0 Å². The number of halogens is 1. The fourth-order valence-corrected chi connectivity index (χ4v) is 1.26. The maximum absolute atomic E-state index is 11.9. The Morgan fingerprint density at radius 3 is 2.44 bits per heavy atom. The fourth-order valence-electron chi connectivity index (χ4n) is 1.04. The first-order valence-electron chi connectivity index (χ1n) is 4.33. The van der Waals surface area contributed by atoms with Gasteiger partial charge in [-0.3, -0.25) is 4.79 Å². The second kappa shape index (κ2) is 5.92. The SMILES string of the molecule is NC(=O)C(/C=C(\N)c1ccccc1)=N\SF. The molecule has 16 heavy (non-hydrogen) atoms. The molecule has 84 valence electrons. The standard InChI is InChI=1S/C10H10FN3OS/c11-16-14-9(10(13)15)6-8(12)7-4-2-1-3-5-7/h1-6H,12H2,(H2,13,15)/b8-6-,14-9-. The highest BCUT2D eigenvalue weighted by Gasteiger charge is 2.05. The van der Waals surface area contributed by atoms with E-state index in [0.717, 1.165) is 0 Å². The van der Waals surface area contributed by atoms with Crippen LogP contribution in [0.2, 0.25) is 0 Å². The van der Waals surface area contributed by atoms with Gasteiger partial charge in [0.1, 0.15) is 5.71 Å². The highest BCUT2D eigenvalue weighted by Crippen LogP contribution is 2.10. The van der Waals surface area contributed by atoms with Gasteiger partial charge in [-0.15, -0.1) is 3.89 Å². The van der Waals surface area contributed by atoms with Gasteiger partial charge < -0.3 is 11.5 Å². The molecule has 1 amide bonds. The number of hydrogen-bond donors (Lipinski definition) is 2. The van der Waals surface area contributed by atoms with E-state index in [1.54, 1.807) is 24.3 Å². The van der Waals surface area contributed by atoms with Crippen LogP contribution in [-0.2, 0) is 4.79 Å². The smallest absolute Gasteiger partial charge is 0.268 e. The molecule has 0 unspecified atom stereocenters. The lowest BCUT2D eigenvalue weighted by atomic mass is 10.1. The topological polar surface area (TPSA) is 81.5 Å². The minimum atomic E-state index is -0.830. The lowest BCUT2D eigenvalue weighted by Crippen LogP contribution is -2.22. The van der Waals surface area contributed by atoms with Crippen molar-refractivity contribution >= 4 is 29.6 Å². The summed E-state index contributed by atoms with van der Waals surface area (Å²) in [7, 11) is 0. The van der Waals surface area contributed by atoms with Gasteiger partial charge in [-0.05, 0) is 11.6 Å². The van der Waals surface area contributed by atoms with E-state index in [2.05, 4.69) is 4.40 Å². The van der Waals surface area contributed by atoms with Crippen molar-refractivity contribution in [2.45, 2.75) is 0 Å². The molecule has 0 fully saturated rings. The van der Waals surface area contributed by atoms with Crippen molar-refractivity contribution in [3.05, 3.63) is 42.0 Å². The normalized spacial score (nSPS) is 12.6. The minimum Gasteiger partial charge on any atom is -0.398 e. The molecular formula is C10H10FN3OS. The Labute approximate surface area is 96.7 Å². The van der Waals surface area contributed by atoms with Crippen molar-refractivity contribution in [2.24, 2.45) is 15.9 Å². The zero-order valence-corrected chi connectivity index (χ0v) is 9.08. The van der Waals surface area contributed by atoms with Crippen LogP contribution in [0.1, 0.15) is 5.56 Å². The molecule has 0 spiro atoms. The predicted molar refractivity (Wildman–Crippen MR) is 63.9 cm³/mol. The van der Waals surface area contributed by atoms with Gasteiger partial charge in [0.25, 0.3) is 5.91 Å². The first kappa shape index (κ1) is 12.3. The van der Waals surface area contributed by atoms with E-state index in [0.29, 0.717) is 11.3 Å². The van der Waals surface area contributed by atoms with Crippen LogP contribution in [0.15, 0.2) is 40.8 Å². The monoisotopic (exact) mass is 239 g/mol. The Hall–Kier alpha value is -1.82. The van der Waals surface area contributed by atoms with Crippen LogP contribution in [0.4, 0.5) is 3.89 Å². The van der Waals surface area contributed by atoms with E-state index in [4.69, 9.17) is 11.5 Å². The van der Waals surface area contributed by atoms with Crippen molar-refractivity contribution in [3.8, 4) is 0 Å².